The van der Waals surface area contributed by atoms with Crippen LogP contribution in [0.5, 0.6) is 0 Å². The van der Waals surface area contributed by atoms with Gasteiger partial charge in [-0.2, -0.15) is 0 Å². The van der Waals surface area contributed by atoms with E-state index in [1.807, 2.05) is 0 Å². The van der Waals surface area contributed by atoms with Gasteiger partial charge in [0, 0.05) is 19.0 Å². The molecule has 5 heteroatoms. The highest BCUT2D eigenvalue weighted by atomic mass is 32.2. The monoisotopic (exact) mass is 299 g/mol. The zero-order valence-electron chi connectivity index (χ0n) is 12.6. The first kappa shape index (κ1) is 14.5. The summed E-state index contributed by atoms with van der Waals surface area (Å²) in [4.78, 5) is 12.5. The molecule has 0 spiro atoms. The van der Waals surface area contributed by atoms with Gasteiger partial charge in [0.05, 0.1) is 0 Å². The second-order valence-electron chi connectivity index (χ2n) is 7.39. The van der Waals surface area contributed by atoms with E-state index in [0.717, 1.165) is 25.7 Å². The summed E-state index contributed by atoms with van der Waals surface area (Å²) in [6, 6.07) is 0. The van der Waals surface area contributed by atoms with E-state index in [1.54, 1.807) is 4.31 Å². The van der Waals surface area contributed by atoms with E-state index in [0.29, 0.717) is 19.0 Å². The van der Waals surface area contributed by atoms with Gasteiger partial charge in [-0.3, -0.25) is 4.79 Å². The van der Waals surface area contributed by atoms with Crippen LogP contribution < -0.4 is 0 Å². The summed E-state index contributed by atoms with van der Waals surface area (Å²) in [5, 5.41) is -0.767. The minimum absolute atomic E-state index is 0.00178. The molecule has 4 atom stereocenters. The van der Waals surface area contributed by atoms with E-state index in [-0.39, 0.29) is 23.0 Å². The van der Waals surface area contributed by atoms with Crippen LogP contribution in [0.2, 0.25) is 0 Å². The second kappa shape index (κ2) is 4.54. The van der Waals surface area contributed by atoms with Crippen LogP contribution in [0.3, 0.4) is 0 Å². The lowest BCUT2D eigenvalue weighted by molar-refractivity contribution is -0.125. The summed E-state index contributed by atoms with van der Waals surface area (Å²) >= 11 is 0. The second-order valence-corrected chi connectivity index (χ2v) is 9.44. The molecule has 0 radical (unpaired) electrons. The molecule has 20 heavy (non-hydrogen) atoms. The Morgan fingerprint density at radius 2 is 1.75 bits per heavy atom. The van der Waals surface area contributed by atoms with Crippen molar-refractivity contribution in [1.29, 1.82) is 0 Å². The highest BCUT2D eigenvalue weighted by Gasteiger charge is 2.64. The fraction of sp³-hybridized carbons (Fsp3) is 0.933. The van der Waals surface area contributed by atoms with E-state index >= 15 is 0 Å². The molecule has 0 N–H and O–H groups in total. The van der Waals surface area contributed by atoms with Crippen LogP contribution in [-0.2, 0) is 14.8 Å². The van der Waals surface area contributed by atoms with Crippen molar-refractivity contribution in [3.8, 4) is 0 Å². The number of rotatable bonds is 2. The summed E-state index contributed by atoms with van der Waals surface area (Å²) in [5.74, 6) is 0.252. The third-order valence-corrected chi connectivity index (χ3v) is 8.54. The lowest BCUT2D eigenvalue weighted by atomic mass is 9.69. The molecule has 1 heterocycles. The van der Waals surface area contributed by atoms with Gasteiger partial charge >= 0.3 is 0 Å². The minimum atomic E-state index is -3.45. The van der Waals surface area contributed by atoms with Crippen molar-refractivity contribution in [1.82, 2.24) is 4.31 Å². The Morgan fingerprint density at radius 1 is 1.15 bits per heavy atom. The van der Waals surface area contributed by atoms with Crippen molar-refractivity contribution in [3.05, 3.63) is 0 Å². The summed E-state index contributed by atoms with van der Waals surface area (Å²) in [7, 11) is -3.45. The van der Waals surface area contributed by atoms with Crippen LogP contribution in [0.25, 0.3) is 0 Å². The standard InChI is InChI=1S/C15H25NO3S/c1-10-11-9-12(15(10,2)3)14(13(11)17)20(18,19)16-7-5-4-6-8-16/h10-12,14H,4-9H2,1-3H3. The number of hydrogen-bond acceptors (Lipinski definition) is 3. The highest BCUT2D eigenvalue weighted by molar-refractivity contribution is 7.90. The number of ketones is 1. The molecule has 2 saturated carbocycles. The van der Waals surface area contributed by atoms with Crippen LogP contribution in [-0.4, -0.2) is 36.8 Å². The van der Waals surface area contributed by atoms with Gasteiger partial charge in [0.1, 0.15) is 5.25 Å². The van der Waals surface area contributed by atoms with Crippen LogP contribution in [0.4, 0.5) is 0 Å². The molecular formula is C15H25NO3S. The van der Waals surface area contributed by atoms with Gasteiger partial charge in [-0.25, -0.2) is 12.7 Å². The van der Waals surface area contributed by atoms with Gasteiger partial charge in [-0.1, -0.05) is 27.2 Å². The van der Waals surface area contributed by atoms with E-state index in [9.17, 15) is 13.2 Å². The molecule has 4 unspecified atom stereocenters. The maximum Gasteiger partial charge on any atom is 0.224 e. The van der Waals surface area contributed by atoms with Gasteiger partial charge < -0.3 is 0 Å². The first-order valence-corrected chi connectivity index (χ1v) is 9.31. The maximum absolute atomic E-state index is 12.9. The lowest BCUT2D eigenvalue weighted by Gasteiger charge is -2.41. The lowest BCUT2D eigenvalue weighted by Crippen LogP contribution is -2.52. The van der Waals surface area contributed by atoms with Crippen molar-refractivity contribution >= 4 is 15.8 Å². The molecule has 0 aromatic rings. The predicted molar refractivity (Wildman–Crippen MR) is 77.7 cm³/mol. The van der Waals surface area contributed by atoms with Crippen LogP contribution in [0.1, 0.15) is 46.5 Å². The normalized spacial score (nSPS) is 41.2. The quantitative estimate of drug-likeness (QED) is 0.784. The molecule has 0 aromatic heterocycles. The largest absolute Gasteiger partial charge is 0.298 e. The highest BCUT2D eigenvalue weighted by Crippen LogP contribution is 2.59. The Hall–Kier alpha value is -0.420. The first-order valence-electron chi connectivity index (χ1n) is 7.80. The van der Waals surface area contributed by atoms with Gasteiger partial charge in [-0.15, -0.1) is 0 Å². The zero-order valence-corrected chi connectivity index (χ0v) is 13.4. The molecule has 0 aromatic carbocycles. The molecule has 2 aliphatic carbocycles. The average Bonchev–Trinajstić information content (AvgIpc) is 2.86. The van der Waals surface area contributed by atoms with Gasteiger partial charge in [-0.05, 0) is 36.5 Å². The van der Waals surface area contributed by atoms with Crippen molar-refractivity contribution in [3.63, 3.8) is 0 Å². The Labute approximate surface area is 122 Å². The summed E-state index contributed by atoms with van der Waals surface area (Å²) in [6.07, 6.45) is 3.71. The molecule has 114 valence electrons. The number of nitrogens with zero attached hydrogens (tertiary/aromatic N) is 1. The Morgan fingerprint density at radius 3 is 2.30 bits per heavy atom. The Bertz CT molecular complexity index is 519. The van der Waals surface area contributed by atoms with E-state index in [2.05, 4.69) is 20.8 Å². The summed E-state index contributed by atoms with van der Waals surface area (Å²) in [5.41, 5.74) is -0.0495. The Balaban J connectivity index is 1.93. The third kappa shape index (κ3) is 1.82. The van der Waals surface area contributed by atoms with Crippen molar-refractivity contribution in [2.45, 2.75) is 51.7 Å². The maximum atomic E-state index is 12.9. The van der Waals surface area contributed by atoms with Crippen molar-refractivity contribution in [2.75, 3.05) is 13.1 Å². The Kier molecular flexibility index (Phi) is 3.29. The summed E-state index contributed by atoms with van der Waals surface area (Å²) < 4.78 is 27.4. The van der Waals surface area contributed by atoms with E-state index < -0.39 is 15.3 Å². The van der Waals surface area contributed by atoms with Crippen molar-refractivity contribution < 1.29 is 13.2 Å². The molecule has 3 rings (SSSR count). The molecule has 2 bridgehead atoms. The van der Waals surface area contributed by atoms with E-state index in [4.69, 9.17) is 0 Å². The number of Topliss-reactive ketones (excluding diaryl/α,β-unsaturated/α-hetero) is 1. The fourth-order valence-corrected chi connectivity index (χ4v) is 6.99. The SMILES string of the molecule is CC1C2CC(C(S(=O)(=O)N3CCCCC3)C2=O)C1(C)C. The van der Waals surface area contributed by atoms with Gasteiger partial charge in [0.2, 0.25) is 10.0 Å². The topological polar surface area (TPSA) is 54.5 Å². The number of hydrogen-bond donors (Lipinski definition) is 0. The number of carbonyl (C=O) groups excluding carboxylic acids is 1. The van der Waals surface area contributed by atoms with Gasteiger partial charge in [0.25, 0.3) is 0 Å². The molecule has 4 nitrogen and oxygen atoms in total. The van der Waals surface area contributed by atoms with Gasteiger partial charge in [0.15, 0.2) is 5.78 Å². The molecule has 1 saturated heterocycles. The third-order valence-electron chi connectivity index (χ3n) is 6.25. The van der Waals surface area contributed by atoms with Crippen LogP contribution in [0, 0.1) is 23.2 Å². The molecular weight excluding hydrogens is 274 g/mol. The minimum Gasteiger partial charge on any atom is -0.298 e. The van der Waals surface area contributed by atoms with Crippen molar-refractivity contribution in [2.24, 2.45) is 23.2 Å². The molecule has 1 aliphatic heterocycles. The molecule has 0 amide bonds. The first-order chi connectivity index (χ1) is 9.28. The predicted octanol–water partition coefficient (Wildman–Crippen LogP) is 2.05. The smallest absolute Gasteiger partial charge is 0.224 e. The number of piperidine rings is 1. The molecule has 3 aliphatic rings. The average molecular weight is 299 g/mol. The van der Waals surface area contributed by atoms with E-state index in [1.165, 1.54) is 0 Å². The number of sulfonamides is 1. The number of carbonyl (C=O) groups is 1. The van der Waals surface area contributed by atoms with Crippen LogP contribution >= 0.6 is 0 Å². The molecule has 3 fully saturated rings. The van der Waals surface area contributed by atoms with Crippen LogP contribution in [0.15, 0.2) is 0 Å². The summed E-state index contributed by atoms with van der Waals surface area (Å²) in [6.45, 7) is 7.56. The zero-order chi connectivity index (χ0) is 14.7. The fourth-order valence-electron chi connectivity index (χ4n) is 4.56. The number of fused-ring (bicyclic) bond motifs is 2.